The second kappa shape index (κ2) is 6.22. The van der Waals surface area contributed by atoms with Gasteiger partial charge in [0.05, 0.1) is 0 Å². The van der Waals surface area contributed by atoms with Crippen LogP contribution in [0.4, 0.5) is 0 Å². The molecule has 0 aliphatic rings. The summed E-state index contributed by atoms with van der Waals surface area (Å²) in [6, 6.07) is 0. The van der Waals surface area contributed by atoms with Gasteiger partial charge in [0, 0.05) is 4.72 Å². The molecule has 0 heterocycles. The highest BCUT2D eigenvalue weighted by molar-refractivity contribution is 14.2. The van der Waals surface area contributed by atoms with E-state index in [9.17, 15) is 0 Å². The number of hydrogen-bond donors (Lipinski definition) is 0. The van der Waals surface area contributed by atoms with Crippen LogP contribution in [0.1, 0.15) is 13.8 Å². The van der Waals surface area contributed by atoms with Gasteiger partial charge in [-0.2, -0.15) is 0 Å². The van der Waals surface area contributed by atoms with Crippen LogP contribution >= 0.6 is 67.8 Å². The molecule has 0 bridgehead atoms. The first kappa shape index (κ1) is 12.7. The van der Waals surface area contributed by atoms with Crippen molar-refractivity contribution in [2.24, 2.45) is 0 Å². The molecule has 0 spiro atoms. The fourth-order valence-electron chi connectivity index (χ4n) is 0.995. The maximum atomic E-state index is 2.64. The van der Waals surface area contributed by atoms with Crippen molar-refractivity contribution in [2.75, 3.05) is 4.43 Å². The molecule has 0 aliphatic carbocycles. The minimum absolute atomic E-state index is 0.435. The van der Waals surface area contributed by atoms with Crippen LogP contribution in [0, 0.1) is 0 Å². The average Bonchev–Trinajstić information content (AvgIpc) is 1.90. The zero-order valence-electron chi connectivity index (χ0n) is 6.33. The van der Waals surface area contributed by atoms with Gasteiger partial charge in [0.15, 0.2) is 0 Å². The summed E-state index contributed by atoms with van der Waals surface area (Å²) in [6.45, 7) is 4.69. The molecule has 0 fully saturated rings. The maximum absolute atomic E-state index is 2.64. The Labute approximate surface area is 109 Å². The van der Waals surface area contributed by atoms with E-state index in [1.54, 1.807) is 0 Å². The summed E-state index contributed by atoms with van der Waals surface area (Å²) in [6.07, 6.45) is 0. The third-order valence-corrected chi connectivity index (χ3v) is 16.1. The largest absolute Gasteiger partial charge is 0.301 e. The Bertz CT molecular complexity index is 91.0. The molecule has 0 atom stereocenters. The van der Waals surface area contributed by atoms with Crippen LogP contribution in [0.3, 0.4) is 0 Å². The van der Waals surface area contributed by atoms with Gasteiger partial charge < -0.3 is 0 Å². The molecular formula is C6H12AlI3. The van der Waals surface area contributed by atoms with Gasteiger partial charge in [-0.1, -0.05) is 92.2 Å². The molecule has 60 valence electrons. The van der Waals surface area contributed by atoms with Crippen LogP contribution < -0.4 is 0 Å². The lowest BCUT2D eigenvalue weighted by atomic mass is 10.9. The first-order valence-corrected chi connectivity index (χ1v) is 9.41. The van der Waals surface area contributed by atoms with E-state index in [0.29, 0.717) is 0.290 Å². The fourth-order valence-corrected chi connectivity index (χ4v) is 10.1. The van der Waals surface area contributed by atoms with Gasteiger partial charge in [-0.25, -0.2) is 0 Å². The Morgan fingerprint density at radius 2 is 1.60 bits per heavy atom. The van der Waals surface area contributed by atoms with Crippen molar-refractivity contribution >= 4 is 81.9 Å². The van der Waals surface area contributed by atoms with Crippen LogP contribution in [0.2, 0.25) is 10.6 Å². The van der Waals surface area contributed by atoms with E-state index in [1.165, 1.54) is 15.0 Å². The molecule has 0 nitrogen and oxygen atoms in total. The van der Waals surface area contributed by atoms with Gasteiger partial charge in [-0.15, -0.1) is 0 Å². The van der Waals surface area contributed by atoms with Gasteiger partial charge in [-0.3, -0.25) is 0 Å². The first-order valence-electron chi connectivity index (χ1n) is 3.52. The lowest BCUT2D eigenvalue weighted by Crippen LogP contribution is -2.34. The topological polar surface area (TPSA) is 0 Å². The molecule has 0 saturated carbocycles. The highest BCUT2D eigenvalue weighted by atomic mass is 127. The molecule has 0 amide bonds. The molecule has 0 unspecified atom stereocenters. The van der Waals surface area contributed by atoms with E-state index < -0.39 is 14.1 Å². The summed E-state index contributed by atoms with van der Waals surface area (Å²) < 4.78 is 1.93. The molecule has 10 heavy (non-hydrogen) atoms. The predicted octanol–water partition coefficient (Wildman–Crippen LogP) is 4.06. The fraction of sp³-hybridized carbons (Fsp3) is 1.00. The van der Waals surface area contributed by atoms with Crippen molar-refractivity contribution in [1.82, 2.24) is 0 Å². The molecule has 0 saturated heterocycles. The van der Waals surface area contributed by atoms with Crippen LogP contribution in [0.15, 0.2) is 0 Å². The molecule has 0 aromatic rings. The Morgan fingerprint density at radius 1 is 1.20 bits per heavy atom. The van der Waals surface area contributed by atoms with Crippen molar-refractivity contribution in [3.05, 3.63) is 0 Å². The first-order chi connectivity index (χ1) is 4.58. The standard InChI is InChI=1S/C2H2I3.2C2H5.Al/c3-1-2(4)5;2*1-2;/h1H2;2*1H2,2H3;. The van der Waals surface area contributed by atoms with Gasteiger partial charge in [0.25, 0.3) is 0 Å². The van der Waals surface area contributed by atoms with Crippen molar-refractivity contribution < 1.29 is 0 Å². The van der Waals surface area contributed by atoms with Gasteiger partial charge >= 0.3 is 14.1 Å². The molecule has 0 aliphatic heterocycles. The predicted molar refractivity (Wildman–Crippen MR) is 76.4 cm³/mol. The Kier molecular flexibility index (Phi) is 7.91. The summed E-state index contributed by atoms with van der Waals surface area (Å²) in [5.41, 5.74) is 0. The SMILES string of the molecule is C[CH2][Al]([CH2]C)[C](I)(I)CI. The zero-order chi connectivity index (χ0) is 8.20. The molecular weight excluding hydrogens is 480 g/mol. The summed E-state index contributed by atoms with van der Waals surface area (Å²) in [5.74, 6) is 0. The Balaban J connectivity index is 3.97. The van der Waals surface area contributed by atoms with E-state index in [1.807, 2.05) is 0 Å². The van der Waals surface area contributed by atoms with Crippen molar-refractivity contribution in [1.29, 1.82) is 0 Å². The van der Waals surface area contributed by atoms with Gasteiger partial charge in [0.2, 0.25) is 0 Å². The maximum Gasteiger partial charge on any atom is 0.301 e. The monoisotopic (exact) mass is 492 g/mol. The Hall–Kier alpha value is 2.72. The molecule has 0 aromatic carbocycles. The van der Waals surface area contributed by atoms with Crippen LogP contribution in [0.5, 0.6) is 0 Å². The zero-order valence-corrected chi connectivity index (χ0v) is 14.0. The summed E-state index contributed by atoms with van der Waals surface area (Å²) in [7, 11) is 0. The van der Waals surface area contributed by atoms with Gasteiger partial charge in [0.1, 0.15) is 0 Å². The summed E-state index contributed by atoms with van der Waals surface area (Å²) in [5, 5.41) is 2.90. The number of halogens is 3. The van der Waals surface area contributed by atoms with E-state index in [4.69, 9.17) is 0 Å². The van der Waals surface area contributed by atoms with E-state index >= 15 is 0 Å². The highest BCUT2D eigenvalue weighted by Gasteiger charge is 2.34. The Morgan fingerprint density at radius 3 is 1.70 bits per heavy atom. The van der Waals surface area contributed by atoms with E-state index in [0.717, 1.165) is 0 Å². The van der Waals surface area contributed by atoms with E-state index in [2.05, 4.69) is 81.6 Å². The molecule has 0 N–H and O–H groups in total. The highest BCUT2D eigenvalue weighted by Crippen LogP contribution is 2.35. The summed E-state index contributed by atoms with van der Waals surface area (Å²) >= 11 is 7.36. The van der Waals surface area contributed by atoms with Gasteiger partial charge in [-0.05, 0) is 0 Å². The minimum Gasteiger partial charge on any atom is -0.0949 e. The van der Waals surface area contributed by atoms with Crippen LogP contribution in [-0.2, 0) is 0 Å². The average molecular weight is 492 g/mol. The van der Waals surface area contributed by atoms with E-state index in [-0.39, 0.29) is 0 Å². The molecule has 4 heteroatoms. The lowest BCUT2D eigenvalue weighted by Gasteiger charge is -2.22. The summed E-state index contributed by atoms with van der Waals surface area (Å²) in [4.78, 5) is 0. The molecule has 0 radical (unpaired) electrons. The third kappa shape index (κ3) is 4.10. The second-order valence-electron chi connectivity index (χ2n) is 2.41. The lowest BCUT2D eigenvalue weighted by molar-refractivity contribution is 1.23. The molecule has 0 aromatic heterocycles. The van der Waals surface area contributed by atoms with Crippen molar-refractivity contribution in [2.45, 2.75) is 24.7 Å². The van der Waals surface area contributed by atoms with Crippen molar-refractivity contribution in [3.63, 3.8) is 0 Å². The minimum atomic E-state index is -0.435. The number of alkyl halides is 3. The normalized spacial score (nSPS) is 11.7. The number of rotatable bonds is 4. The van der Waals surface area contributed by atoms with Crippen LogP contribution in [0.25, 0.3) is 0 Å². The smallest absolute Gasteiger partial charge is 0.0949 e. The van der Waals surface area contributed by atoms with Crippen molar-refractivity contribution in [3.8, 4) is 0 Å². The third-order valence-electron chi connectivity index (χ3n) is 1.76. The molecule has 0 rings (SSSR count). The quantitative estimate of drug-likeness (QED) is 0.316. The van der Waals surface area contributed by atoms with Crippen LogP contribution in [-0.4, -0.2) is 18.9 Å². The second-order valence-corrected chi connectivity index (χ2v) is 15.4. The number of hydrogen-bond acceptors (Lipinski definition) is 0.